The van der Waals surface area contributed by atoms with Crippen LogP contribution in [0.25, 0.3) is 10.9 Å². The first kappa shape index (κ1) is 26.3. The lowest BCUT2D eigenvalue weighted by Crippen LogP contribution is -2.50. The highest BCUT2D eigenvalue weighted by Gasteiger charge is 2.18. The number of fused-ring (bicyclic) bond motifs is 1. The molecule has 2 heterocycles. The van der Waals surface area contributed by atoms with E-state index in [1.165, 1.54) is 18.5 Å². The lowest BCUT2D eigenvalue weighted by atomic mass is 10.1. The molecule has 0 unspecified atom stereocenters. The number of hydrazone groups is 1. The van der Waals surface area contributed by atoms with Gasteiger partial charge >= 0.3 is 0 Å². The molecule has 5 rings (SSSR count). The van der Waals surface area contributed by atoms with Crippen LogP contribution in [0.15, 0.2) is 72.1 Å². The van der Waals surface area contributed by atoms with Gasteiger partial charge in [0.05, 0.1) is 16.8 Å². The average Bonchev–Trinajstić information content (AvgIpc) is 2.93. The molecular weight excluding hydrogens is 519 g/mol. The Labute approximate surface area is 231 Å². The van der Waals surface area contributed by atoms with Crippen molar-refractivity contribution in [1.82, 2.24) is 24.8 Å². The number of nitrogens with one attached hydrogen (secondary N) is 2. The lowest BCUT2D eigenvalue weighted by Gasteiger charge is -2.35. The van der Waals surface area contributed by atoms with Crippen LogP contribution in [-0.4, -0.2) is 77.2 Å². The standard InChI is InChI=1S/C28H28ClFN8O/c1-36-10-12-38(13-11-36)28(31)37(2)34-17-19-6-8-25-23(14-19)27(33-18-32-25)35-21-7-9-26(24(29)16-21)39-22-5-3-4-20(30)15-22/h3-9,14-18,31H,10-13H2,1-2H3,(H,32,33,35). The normalized spacial score (nSPS) is 14.1. The van der Waals surface area contributed by atoms with Crippen LogP contribution in [-0.2, 0) is 0 Å². The van der Waals surface area contributed by atoms with Crippen molar-refractivity contribution in [2.75, 3.05) is 45.6 Å². The maximum Gasteiger partial charge on any atom is 0.214 e. The van der Waals surface area contributed by atoms with Gasteiger partial charge in [-0.05, 0) is 55.1 Å². The van der Waals surface area contributed by atoms with Crippen molar-refractivity contribution in [3.05, 3.63) is 83.4 Å². The van der Waals surface area contributed by atoms with Gasteiger partial charge in [-0.25, -0.2) is 19.4 Å². The molecule has 4 aromatic rings. The fraction of sp³-hybridized carbons (Fsp3) is 0.214. The summed E-state index contributed by atoms with van der Waals surface area (Å²) in [5, 5.41) is 19.0. The molecule has 200 valence electrons. The smallest absolute Gasteiger partial charge is 0.214 e. The highest BCUT2D eigenvalue weighted by molar-refractivity contribution is 6.32. The lowest BCUT2D eigenvalue weighted by molar-refractivity contribution is 0.200. The highest BCUT2D eigenvalue weighted by Crippen LogP contribution is 2.33. The Bertz CT molecular complexity index is 1520. The fourth-order valence-electron chi connectivity index (χ4n) is 4.14. The number of hydrogen-bond acceptors (Lipinski definition) is 7. The molecule has 3 aromatic carbocycles. The van der Waals surface area contributed by atoms with Gasteiger partial charge in [0.15, 0.2) is 0 Å². The summed E-state index contributed by atoms with van der Waals surface area (Å²) in [5.41, 5.74) is 2.31. The minimum Gasteiger partial charge on any atom is -0.456 e. The zero-order valence-electron chi connectivity index (χ0n) is 21.6. The third kappa shape index (κ3) is 6.42. The molecule has 1 aliphatic heterocycles. The van der Waals surface area contributed by atoms with E-state index < -0.39 is 0 Å². The van der Waals surface area contributed by atoms with E-state index in [0.717, 1.165) is 42.6 Å². The van der Waals surface area contributed by atoms with Gasteiger partial charge in [0, 0.05) is 50.4 Å². The number of hydrogen-bond donors (Lipinski definition) is 2. The van der Waals surface area contributed by atoms with Gasteiger partial charge in [0.1, 0.15) is 29.5 Å². The molecule has 0 amide bonds. The SMILES string of the molecule is CN1CCN(C(=N)N(C)N=Cc2ccc3ncnc(Nc4ccc(Oc5cccc(F)c5)c(Cl)c4)c3c2)CC1. The van der Waals surface area contributed by atoms with Crippen molar-refractivity contribution < 1.29 is 9.13 Å². The second kappa shape index (κ2) is 11.6. The van der Waals surface area contributed by atoms with Gasteiger partial charge < -0.3 is 19.9 Å². The van der Waals surface area contributed by atoms with E-state index in [9.17, 15) is 4.39 Å². The summed E-state index contributed by atoms with van der Waals surface area (Å²) in [5.74, 6) is 1.35. The summed E-state index contributed by atoms with van der Waals surface area (Å²) < 4.78 is 19.2. The minimum absolute atomic E-state index is 0.359. The van der Waals surface area contributed by atoms with Crippen LogP contribution >= 0.6 is 11.6 Å². The van der Waals surface area contributed by atoms with Gasteiger partial charge in [-0.3, -0.25) is 5.41 Å². The number of anilines is 2. The van der Waals surface area contributed by atoms with E-state index in [1.54, 1.807) is 48.6 Å². The maximum atomic E-state index is 13.5. The van der Waals surface area contributed by atoms with Crippen molar-refractivity contribution in [2.45, 2.75) is 0 Å². The number of benzene rings is 3. The zero-order chi connectivity index (χ0) is 27.4. The Hall–Kier alpha value is -4.28. The Morgan fingerprint density at radius 3 is 2.69 bits per heavy atom. The first-order valence-corrected chi connectivity index (χ1v) is 12.8. The van der Waals surface area contributed by atoms with E-state index in [1.807, 2.05) is 23.1 Å². The first-order valence-electron chi connectivity index (χ1n) is 12.4. The number of halogens is 2. The largest absolute Gasteiger partial charge is 0.456 e. The molecule has 1 aromatic heterocycles. The Morgan fingerprint density at radius 1 is 1.10 bits per heavy atom. The molecule has 9 nitrogen and oxygen atoms in total. The van der Waals surface area contributed by atoms with Gasteiger partial charge in [-0.1, -0.05) is 23.7 Å². The van der Waals surface area contributed by atoms with Crippen molar-refractivity contribution in [3.63, 3.8) is 0 Å². The van der Waals surface area contributed by atoms with Crippen LogP contribution in [0, 0.1) is 11.2 Å². The first-order chi connectivity index (χ1) is 18.9. The predicted octanol–water partition coefficient (Wildman–Crippen LogP) is 5.41. The summed E-state index contributed by atoms with van der Waals surface area (Å²) in [6.45, 7) is 3.46. The second-order valence-corrected chi connectivity index (χ2v) is 9.62. The van der Waals surface area contributed by atoms with Crippen molar-refractivity contribution >= 4 is 46.2 Å². The Balaban J connectivity index is 1.31. The van der Waals surface area contributed by atoms with E-state index in [0.29, 0.717) is 34.0 Å². The van der Waals surface area contributed by atoms with E-state index in [4.69, 9.17) is 21.7 Å². The summed E-state index contributed by atoms with van der Waals surface area (Å²) in [4.78, 5) is 13.1. The molecule has 1 fully saturated rings. The predicted molar refractivity (Wildman–Crippen MR) is 153 cm³/mol. The van der Waals surface area contributed by atoms with E-state index >= 15 is 0 Å². The molecule has 1 aliphatic rings. The maximum absolute atomic E-state index is 13.5. The number of aromatic nitrogens is 2. The Kier molecular flexibility index (Phi) is 7.85. The molecule has 2 N–H and O–H groups in total. The molecule has 0 saturated carbocycles. The highest BCUT2D eigenvalue weighted by atomic mass is 35.5. The van der Waals surface area contributed by atoms with Crippen molar-refractivity contribution in [2.24, 2.45) is 5.10 Å². The van der Waals surface area contributed by atoms with Crippen LogP contribution in [0.4, 0.5) is 15.9 Å². The zero-order valence-corrected chi connectivity index (χ0v) is 22.4. The van der Waals surface area contributed by atoms with Crippen molar-refractivity contribution in [3.8, 4) is 11.5 Å². The molecule has 0 spiro atoms. The summed E-state index contributed by atoms with van der Waals surface area (Å²) >= 11 is 6.45. The van der Waals surface area contributed by atoms with E-state index in [-0.39, 0.29) is 5.82 Å². The quantitative estimate of drug-likeness (QED) is 0.190. The summed E-state index contributed by atoms with van der Waals surface area (Å²) in [7, 11) is 3.86. The molecule has 1 saturated heterocycles. The third-order valence-electron chi connectivity index (χ3n) is 6.37. The van der Waals surface area contributed by atoms with Crippen molar-refractivity contribution in [1.29, 1.82) is 5.41 Å². The van der Waals surface area contributed by atoms with E-state index in [2.05, 4.69) is 32.3 Å². The van der Waals surface area contributed by atoms with Gasteiger partial charge in [-0.15, -0.1) is 0 Å². The Morgan fingerprint density at radius 2 is 1.92 bits per heavy atom. The number of likely N-dealkylation sites (N-methyl/N-ethyl adjacent to an activating group) is 1. The molecule has 0 atom stereocenters. The fourth-order valence-corrected chi connectivity index (χ4v) is 4.36. The minimum atomic E-state index is -0.387. The van der Waals surface area contributed by atoms with Crippen LogP contribution in [0.3, 0.4) is 0 Å². The van der Waals surface area contributed by atoms with Gasteiger partial charge in [-0.2, -0.15) is 5.10 Å². The summed E-state index contributed by atoms with van der Waals surface area (Å²) in [6, 6.07) is 16.9. The number of nitrogens with zero attached hydrogens (tertiary/aromatic N) is 6. The van der Waals surface area contributed by atoms with Gasteiger partial charge in [0.25, 0.3) is 0 Å². The molecule has 0 radical (unpaired) electrons. The molecule has 0 bridgehead atoms. The number of guanidine groups is 1. The van der Waals surface area contributed by atoms with Crippen LogP contribution in [0.1, 0.15) is 5.56 Å². The molecular formula is C28H28ClFN8O. The second-order valence-electron chi connectivity index (χ2n) is 9.21. The van der Waals surface area contributed by atoms with Gasteiger partial charge in [0.2, 0.25) is 5.96 Å². The topological polar surface area (TPSA) is 93.0 Å². The molecule has 0 aliphatic carbocycles. The average molecular weight is 547 g/mol. The van der Waals surface area contributed by atoms with Crippen LogP contribution in [0.5, 0.6) is 11.5 Å². The monoisotopic (exact) mass is 546 g/mol. The summed E-state index contributed by atoms with van der Waals surface area (Å²) in [6.07, 6.45) is 3.21. The molecule has 11 heteroatoms. The number of rotatable bonds is 6. The third-order valence-corrected chi connectivity index (χ3v) is 6.66. The van der Waals surface area contributed by atoms with Crippen LogP contribution in [0.2, 0.25) is 5.02 Å². The number of piperazine rings is 1. The van der Waals surface area contributed by atoms with Crippen LogP contribution < -0.4 is 10.1 Å². The molecule has 39 heavy (non-hydrogen) atoms. The number of ether oxygens (including phenoxy) is 1.